The molecule has 0 aliphatic heterocycles. The number of ether oxygens (including phenoxy) is 1. The molecular weight excluding hydrogens is 397 g/mol. The molecule has 0 bridgehead atoms. The van der Waals surface area contributed by atoms with Crippen LogP contribution in [-0.2, 0) is 6.54 Å². The Morgan fingerprint density at radius 1 is 1.11 bits per heavy atom. The molecule has 0 radical (unpaired) electrons. The van der Waals surface area contributed by atoms with Crippen LogP contribution in [0, 0.1) is 13.8 Å². The first kappa shape index (κ1) is 20.2. The van der Waals surface area contributed by atoms with Crippen LogP contribution in [0.4, 0.5) is 5.69 Å². The number of amides is 1. The Kier molecular flexibility index (Phi) is 6.27. The van der Waals surface area contributed by atoms with Crippen LogP contribution in [0.25, 0.3) is 0 Å². The van der Waals surface area contributed by atoms with Crippen LogP contribution in [0.2, 0.25) is 10.0 Å². The molecule has 0 spiro atoms. The highest BCUT2D eigenvalue weighted by Crippen LogP contribution is 2.28. The van der Waals surface area contributed by atoms with Crippen LogP contribution in [0.1, 0.15) is 34.2 Å². The fourth-order valence-electron chi connectivity index (χ4n) is 2.98. The maximum Gasteiger partial charge on any atom is 0.259 e. The van der Waals surface area contributed by atoms with E-state index in [1.54, 1.807) is 41.1 Å². The fourth-order valence-corrected chi connectivity index (χ4v) is 3.50. The normalized spacial score (nSPS) is 10.8. The highest BCUT2D eigenvalue weighted by atomic mass is 35.5. The number of halogens is 2. The first-order chi connectivity index (χ1) is 13.4. The molecule has 28 heavy (non-hydrogen) atoms. The molecule has 1 amide bonds. The van der Waals surface area contributed by atoms with Crippen molar-refractivity contribution in [2.45, 2.75) is 27.3 Å². The van der Waals surface area contributed by atoms with Gasteiger partial charge in [-0.05, 0) is 45.0 Å². The third-order valence-electron chi connectivity index (χ3n) is 4.42. The lowest BCUT2D eigenvalue weighted by Gasteiger charge is -2.11. The van der Waals surface area contributed by atoms with Gasteiger partial charge >= 0.3 is 0 Å². The molecule has 3 aromatic rings. The largest absolute Gasteiger partial charge is 0.493 e. The van der Waals surface area contributed by atoms with Gasteiger partial charge in [-0.25, -0.2) is 0 Å². The van der Waals surface area contributed by atoms with E-state index in [0.29, 0.717) is 45.9 Å². The lowest BCUT2D eigenvalue weighted by atomic mass is 10.1. The molecule has 0 aliphatic carbocycles. The van der Waals surface area contributed by atoms with Crippen molar-refractivity contribution in [1.29, 1.82) is 0 Å². The summed E-state index contributed by atoms with van der Waals surface area (Å²) in [5.74, 6) is 0.304. The highest BCUT2D eigenvalue weighted by molar-refractivity contribution is 6.36. The van der Waals surface area contributed by atoms with Gasteiger partial charge in [-0.3, -0.25) is 9.48 Å². The van der Waals surface area contributed by atoms with E-state index < -0.39 is 0 Å². The number of rotatable bonds is 6. The zero-order valence-electron chi connectivity index (χ0n) is 15.9. The van der Waals surface area contributed by atoms with Gasteiger partial charge in [-0.2, -0.15) is 5.10 Å². The minimum Gasteiger partial charge on any atom is -0.493 e. The Morgan fingerprint density at radius 2 is 1.79 bits per heavy atom. The van der Waals surface area contributed by atoms with E-state index in [4.69, 9.17) is 27.9 Å². The zero-order chi connectivity index (χ0) is 20.3. The molecule has 1 aromatic heterocycles. The van der Waals surface area contributed by atoms with E-state index >= 15 is 0 Å². The Bertz CT molecular complexity index is 995. The van der Waals surface area contributed by atoms with Gasteiger partial charge in [0.25, 0.3) is 5.91 Å². The summed E-state index contributed by atoms with van der Waals surface area (Å²) in [7, 11) is 0. The summed E-state index contributed by atoms with van der Waals surface area (Å²) in [5.41, 5.74) is 3.46. The number of hydrogen-bond donors (Lipinski definition) is 1. The van der Waals surface area contributed by atoms with Crippen LogP contribution in [0.15, 0.2) is 42.5 Å². The molecule has 0 atom stereocenters. The van der Waals surface area contributed by atoms with Crippen LogP contribution in [0.3, 0.4) is 0 Å². The smallest absolute Gasteiger partial charge is 0.259 e. The van der Waals surface area contributed by atoms with Crippen LogP contribution in [-0.4, -0.2) is 22.3 Å². The number of carbonyl (C=O) groups excluding carboxylic acids is 1. The van der Waals surface area contributed by atoms with E-state index in [0.717, 1.165) is 11.3 Å². The summed E-state index contributed by atoms with van der Waals surface area (Å²) < 4.78 is 7.34. The predicted octanol–water partition coefficient (Wildman–Crippen LogP) is 5.51. The fraction of sp³-hybridized carbons (Fsp3) is 0.238. The number of benzene rings is 2. The van der Waals surface area contributed by atoms with Gasteiger partial charge in [0.05, 0.1) is 35.8 Å². The van der Waals surface area contributed by atoms with Gasteiger partial charge in [0, 0.05) is 15.6 Å². The van der Waals surface area contributed by atoms with E-state index in [1.165, 1.54) is 0 Å². The molecule has 1 N–H and O–H groups in total. The first-order valence-electron chi connectivity index (χ1n) is 8.92. The third-order valence-corrected chi connectivity index (χ3v) is 5.13. The van der Waals surface area contributed by atoms with Crippen molar-refractivity contribution in [3.63, 3.8) is 0 Å². The lowest BCUT2D eigenvalue weighted by molar-refractivity contribution is 0.102. The van der Waals surface area contributed by atoms with E-state index in [2.05, 4.69) is 10.4 Å². The van der Waals surface area contributed by atoms with Gasteiger partial charge in [-0.15, -0.1) is 0 Å². The number of carbonyl (C=O) groups is 1. The molecule has 1 heterocycles. The van der Waals surface area contributed by atoms with E-state index in [9.17, 15) is 4.79 Å². The van der Waals surface area contributed by atoms with Crippen molar-refractivity contribution in [2.24, 2.45) is 0 Å². The van der Waals surface area contributed by atoms with Crippen LogP contribution >= 0.6 is 23.2 Å². The maximum atomic E-state index is 12.8. The van der Waals surface area contributed by atoms with Crippen molar-refractivity contribution in [3.8, 4) is 5.75 Å². The van der Waals surface area contributed by atoms with E-state index in [1.807, 2.05) is 26.8 Å². The maximum absolute atomic E-state index is 12.8. The van der Waals surface area contributed by atoms with Crippen molar-refractivity contribution >= 4 is 34.8 Å². The quantitative estimate of drug-likeness (QED) is 0.575. The Morgan fingerprint density at radius 3 is 2.46 bits per heavy atom. The summed E-state index contributed by atoms with van der Waals surface area (Å²) in [6.45, 7) is 6.53. The van der Waals surface area contributed by atoms with Gasteiger partial charge < -0.3 is 10.1 Å². The number of aromatic nitrogens is 2. The predicted molar refractivity (Wildman–Crippen MR) is 113 cm³/mol. The first-order valence-corrected chi connectivity index (χ1v) is 9.68. The summed E-state index contributed by atoms with van der Waals surface area (Å²) in [4.78, 5) is 12.8. The summed E-state index contributed by atoms with van der Waals surface area (Å²) >= 11 is 12.6. The molecule has 0 saturated heterocycles. The van der Waals surface area contributed by atoms with Gasteiger partial charge in [0.2, 0.25) is 0 Å². The molecule has 0 saturated carbocycles. The monoisotopic (exact) mass is 417 g/mol. The Labute approximate surface area is 174 Å². The number of aryl methyl sites for hydroxylation is 1. The van der Waals surface area contributed by atoms with Gasteiger partial charge in [-0.1, -0.05) is 41.4 Å². The summed E-state index contributed by atoms with van der Waals surface area (Å²) in [5, 5.41) is 8.67. The molecule has 5 nitrogen and oxygen atoms in total. The Hall–Kier alpha value is -2.50. The summed E-state index contributed by atoms with van der Waals surface area (Å²) in [6, 6.07) is 12.5. The SMILES string of the molecule is CCOc1ccccc1C(=O)Nc1c(C)nn(Cc2c(Cl)cccc2Cl)c1C. The second kappa shape index (κ2) is 8.67. The number of para-hydroxylation sites is 1. The molecule has 3 rings (SSSR count). The standard InChI is InChI=1S/C21H21Cl2N3O2/c1-4-28-19-11-6-5-8-15(19)21(27)24-20-13(2)25-26(14(20)3)12-16-17(22)9-7-10-18(16)23/h5-11H,4,12H2,1-3H3,(H,24,27). The van der Waals surface area contributed by atoms with Crippen molar-refractivity contribution < 1.29 is 9.53 Å². The Balaban J connectivity index is 1.88. The van der Waals surface area contributed by atoms with E-state index in [-0.39, 0.29) is 5.91 Å². The second-order valence-corrected chi connectivity index (χ2v) is 7.10. The molecule has 146 valence electrons. The van der Waals surface area contributed by atoms with Crippen molar-refractivity contribution in [3.05, 3.63) is 75.0 Å². The number of anilines is 1. The molecule has 7 heteroatoms. The molecule has 0 aliphatic rings. The van der Waals surface area contributed by atoms with Crippen LogP contribution in [0.5, 0.6) is 5.75 Å². The van der Waals surface area contributed by atoms with Crippen molar-refractivity contribution in [1.82, 2.24) is 9.78 Å². The number of nitrogens with one attached hydrogen (secondary N) is 1. The summed E-state index contributed by atoms with van der Waals surface area (Å²) in [6.07, 6.45) is 0. The molecule has 0 unspecified atom stereocenters. The van der Waals surface area contributed by atoms with Gasteiger partial charge in [0.15, 0.2) is 0 Å². The van der Waals surface area contributed by atoms with Gasteiger partial charge in [0.1, 0.15) is 5.75 Å². The molecule has 2 aromatic carbocycles. The number of hydrogen-bond acceptors (Lipinski definition) is 3. The van der Waals surface area contributed by atoms with Crippen LogP contribution < -0.4 is 10.1 Å². The lowest BCUT2D eigenvalue weighted by Crippen LogP contribution is -2.15. The number of nitrogens with zero attached hydrogens (tertiary/aromatic N) is 2. The third kappa shape index (κ3) is 4.16. The minimum atomic E-state index is -0.245. The second-order valence-electron chi connectivity index (χ2n) is 6.29. The topological polar surface area (TPSA) is 56.1 Å². The molecule has 0 fully saturated rings. The highest BCUT2D eigenvalue weighted by Gasteiger charge is 2.19. The zero-order valence-corrected chi connectivity index (χ0v) is 17.4. The average Bonchev–Trinajstić information content (AvgIpc) is 2.93. The molecular formula is C21H21Cl2N3O2. The van der Waals surface area contributed by atoms with Crippen molar-refractivity contribution in [2.75, 3.05) is 11.9 Å². The average molecular weight is 418 g/mol. The minimum absolute atomic E-state index is 0.245.